The van der Waals surface area contributed by atoms with E-state index >= 15 is 0 Å². The van der Waals surface area contributed by atoms with Gasteiger partial charge in [0, 0.05) is 18.8 Å². The van der Waals surface area contributed by atoms with Gasteiger partial charge in [-0.25, -0.2) is 0 Å². The number of nitrogens with one attached hydrogen (secondary N) is 1. The first-order valence-corrected chi connectivity index (χ1v) is 8.72. The number of benzene rings is 1. The molecule has 3 nitrogen and oxygen atoms in total. The third kappa shape index (κ3) is 5.32. The van der Waals surface area contributed by atoms with E-state index in [4.69, 9.17) is 12.2 Å². The predicted molar refractivity (Wildman–Crippen MR) is 94.8 cm³/mol. The molecular formula is C16H22N2OS2. The summed E-state index contributed by atoms with van der Waals surface area (Å²) >= 11 is 6.88. The van der Waals surface area contributed by atoms with Crippen molar-refractivity contribution in [2.45, 2.75) is 26.7 Å². The van der Waals surface area contributed by atoms with Crippen LogP contribution in [-0.2, 0) is 4.79 Å². The quantitative estimate of drug-likeness (QED) is 0.860. The van der Waals surface area contributed by atoms with Gasteiger partial charge in [0.1, 0.15) is 4.32 Å². The maximum atomic E-state index is 11.9. The Morgan fingerprint density at radius 1 is 1.33 bits per heavy atom. The molecule has 0 bridgehead atoms. The van der Waals surface area contributed by atoms with E-state index in [9.17, 15) is 4.79 Å². The number of amides is 1. The van der Waals surface area contributed by atoms with Crippen LogP contribution in [0.2, 0.25) is 0 Å². The summed E-state index contributed by atoms with van der Waals surface area (Å²) in [5.41, 5.74) is 2.02. The number of nitrogens with zero attached hydrogens (tertiary/aromatic N) is 1. The van der Waals surface area contributed by atoms with Crippen LogP contribution in [0.25, 0.3) is 0 Å². The van der Waals surface area contributed by atoms with E-state index in [1.165, 1.54) is 30.2 Å². The molecule has 21 heavy (non-hydrogen) atoms. The number of thiocarbonyl (C=S) groups is 1. The second-order valence-electron chi connectivity index (χ2n) is 5.64. The van der Waals surface area contributed by atoms with Gasteiger partial charge in [-0.15, -0.1) is 0 Å². The van der Waals surface area contributed by atoms with Crippen LogP contribution >= 0.6 is 24.0 Å². The highest BCUT2D eigenvalue weighted by Crippen LogP contribution is 2.20. The molecule has 0 aromatic heterocycles. The highest BCUT2D eigenvalue weighted by molar-refractivity contribution is 8.23. The monoisotopic (exact) mass is 322 g/mol. The van der Waals surface area contributed by atoms with E-state index in [1.807, 2.05) is 31.2 Å². The fourth-order valence-electron chi connectivity index (χ4n) is 2.24. The number of carbonyl (C=O) groups is 1. The average Bonchev–Trinajstić information content (AvgIpc) is 2.48. The van der Waals surface area contributed by atoms with Crippen molar-refractivity contribution in [3.63, 3.8) is 0 Å². The largest absolute Gasteiger partial charge is 0.357 e. The van der Waals surface area contributed by atoms with Gasteiger partial charge in [0.2, 0.25) is 5.91 Å². The molecular weight excluding hydrogens is 300 g/mol. The highest BCUT2D eigenvalue weighted by Gasteiger charge is 2.18. The molecule has 1 saturated heterocycles. The number of hydrogen-bond donors (Lipinski definition) is 1. The summed E-state index contributed by atoms with van der Waals surface area (Å²) in [5.74, 6) is 1.16. The number of thioether (sulfide) groups is 1. The molecule has 0 spiro atoms. The van der Waals surface area contributed by atoms with Gasteiger partial charge in [0.05, 0.1) is 5.75 Å². The van der Waals surface area contributed by atoms with Gasteiger partial charge in [-0.1, -0.05) is 48.6 Å². The molecule has 1 aliphatic rings. The van der Waals surface area contributed by atoms with E-state index in [-0.39, 0.29) is 5.91 Å². The van der Waals surface area contributed by atoms with Crippen molar-refractivity contribution in [1.29, 1.82) is 0 Å². The van der Waals surface area contributed by atoms with E-state index < -0.39 is 0 Å². The second-order valence-corrected chi connectivity index (χ2v) is 7.25. The zero-order chi connectivity index (χ0) is 15.2. The molecule has 2 rings (SSSR count). The summed E-state index contributed by atoms with van der Waals surface area (Å²) in [4.78, 5) is 14.1. The smallest absolute Gasteiger partial charge is 0.234 e. The SMILES string of the molecule is Cc1ccc(NC(=O)CSC(=S)N2CCC(C)CC2)cc1. The first-order chi connectivity index (χ1) is 10.0. The zero-order valence-corrected chi connectivity index (χ0v) is 14.2. The molecule has 114 valence electrons. The maximum absolute atomic E-state index is 11.9. The molecule has 1 aromatic carbocycles. The first-order valence-electron chi connectivity index (χ1n) is 7.33. The van der Waals surface area contributed by atoms with Gasteiger partial charge < -0.3 is 10.2 Å². The van der Waals surface area contributed by atoms with Crippen molar-refractivity contribution in [3.8, 4) is 0 Å². The lowest BCUT2D eigenvalue weighted by atomic mass is 10.00. The Morgan fingerprint density at radius 3 is 2.57 bits per heavy atom. The lowest BCUT2D eigenvalue weighted by Gasteiger charge is -2.31. The third-order valence-electron chi connectivity index (χ3n) is 3.70. The molecule has 1 fully saturated rings. The van der Waals surface area contributed by atoms with Crippen molar-refractivity contribution in [1.82, 2.24) is 4.90 Å². The predicted octanol–water partition coefficient (Wildman–Crippen LogP) is 3.68. The van der Waals surface area contributed by atoms with E-state index in [1.54, 1.807) is 0 Å². The molecule has 1 aliphatic heterocycles. The fourth-order valence-corrected chi connectivity index (χ4v) is 3.29. The summed E-state index contributed by atoms with van der Waals surface area (Å²) in [5, 5.41) is 2.90. The minimum absolute atomic E-state index is 0.00317. The number of hydrogen-bond acceptors (Lipinski definition) is 3. The van der Waals surface area contributed by atoms with Crippen LogP contribution in [0.1, 0.15) is 25.3 Å². The van der Waals surface area contributed by atoms with Gasteiger partial charge in [-0.3, -0.25) is 4.79 Å². The molecule has 0 aliphatic carbocycles. The molecule has 1 aromatic rings. The van der Waals surface area contributed by atoms with Crippen LogP contribution in [0.3, 0.4) is 0 Å². The van der Waals surface area contributed by atoms with Crippen LogP contribution in [-0.4, -0.2) is 34.0 Å². The summed E-state index contributed by atoms with van der Waals surface area (Å²) in [7, 11) is 0. The van der Waals surface area contributed by atoms with Crippen molar-refractivity contribution >= 4 is 39.9 Å². The molecule has 0 radical (unpaired) electrons. The molecule has 0 unspecified atom stereocenters. The Balaban J connectivity index is 1.73. The van der Waals surface area contributed by atoms with E-state index in [0.717, 1.165) is 29.0 Å². The van der Waals surface area contributed by atoms with Gasteiger partial charge in [-0.05, 0) is 37.8 Å². The van der Waals surface area contributed by atoms with Crippen molar-refractivity contribution in [2.75, 3.05) is 24.2 Å². The Hall–Kier alpha value is -1.07. The van der Waals surface area contributed by atoms with Crippen LogP contribution in [0.4, 0.5) is 5.69 Å². The lowest BCUT2D eigenvalue weighted by Crippen LogP contribution is -2.36. The van der Waals surface area contributed by atoms with Gasteiger partial charge >= 0.3 is 0 Å². The van der Waals surface area contributed by atoms with E-state index in [2.05, 4.69) is 17.1 Å². The summed E-state index contributed by atoms with van der Waals surface area (Å²) in [6.45, 7) is 6.35. The molecule has 1 N–H and O–H groups in total. The van der Waals surface area contributed by atoms with Gasteiger partial charge in [0.25, 0.3) is 0 Å². The van der Waals surface area contributed by atoms with Crippen molar-refractivity contribution in [3.05, 3.63) is 29.8 Å². The maximum Gasteiger partial charge on any atom is 0.234 e. The minimum Gasteiger partial charge on any atom is -0.357 e. The lowest BCUT2D eigenvalue weighted by molar-refractivity contribution is -0.113. The number of anilines is 1. The zero-order valence-electron chi connectivity index (χ0n) is 12.6. The average molecular weight is 322 g/mol. The Bertz CT molecular complexity index is 494. The molecule has 1 amide bonds. The van der Waals surface area contributed by atoms with Crippen LogP contribution in [0.15, 0.2) is 24.3 Å². The summed E-state index contributed by atoms with van der Waals surface area (Å²) < 4.78 is 0.848. The van der Waals surface area contributed by atoms with Crippen molar-refractivity contribution in [2.24, 2.45) is 5.92 Å². The fraction of sp³-hybridized carbons (Fsp3) is 0.500. The molecule has 0 saturated carbocycles. The normalized spacial score (nSPS) is 15.8. The Kier molecular flexibility index (Phi) is 6.06. The Morgan fingerprint density at radius 2 is 1.95 bits per heavy atom. The molecule has 1 heterocycles. The third-order valence-corrected chi connectivity index (χ3v) is 5.23. The van der Waals surface area contributed by atoms with Crippen molar-refractivity contribution < 1.29 is 4.79 Å². The molecule has 0 atom stereocenters. The number of carbonyl (C=O) groups excluding carboxylic acids is 1. The van der Waals surface area contributed by atoms with E-state index in [0.29, 0.717) is 5.75 Å². The number of piperidine rings is 1. The van der Waals surface area contributed by atoms with Crippen LogP contribution in [0.5, 0.6) is 0 Å². The van der Waals surface area contributed by atoms with Gasteiger partial charge in [-0.2, -0.15) is 0 Å². The summed E-state index contributed by atoms with van der Waals surface area (Å²) in [6, 6.07) is 7.81. The number of aryl methyl sites for hydroxylation is 1. The van der Waals surface area contributed by atoms with Crippen LogP contribution in [0, 0.1) is 12.8 Å². The highest BCUT2D eigenvalue weighted by atomic mass is 32.2. The number of likely N-dealkylation sites (tertiary alicyclic amines) is 1. The molecule has 5 heteroatoms. The number of rotatable bonds is 3. The first kappa shape index (κ1) is 16.3. The Labute approximate surface area is 136 Å². The summed E-state index contributed by atoms with van der Waals surface area (Å²) in [6.07, 6.45) is 2.38. The minimum atomic E-state index is -0.00317. The van der Waals surface area contributed by atoms with Crippen LogP contribution < -0.4 is 5.32 Å². The second kappa shape index (κ2) is 7.80. The standard InChI is InChI=1S/C16H22N2OS2/c1-12-3-5-14(6-4-12)17-15(19)11-21-16(20)18-9-7-13(2)8-10-18/h3-6,13H,7-11H2,1-2H3,(H,17,19). The topological polar surface area (TPSA) is 32.3 Å². The van der Waals surface area contributed by atoms with Gasteiger partial charge in [0.15, 0.2) is 0 Å².